The van der Waals surface area contributed by atoms with E-state index in [1.165, 1.54) is 0 Å². The first kappa shape index (κ1) is 18.7. The van der Waals surface area contributed by atoms with Crippen molar-refractivity contribution in [3.8, 4) is 11.5 Å². The van der Waals surface area contributed by atoms with Gasteiger partial charge in [0, 0.05) is 22.4 Å². The maximum Gasteiger partial charge on any atom is 0.418 e. The number of anilines is 1. The minimum atomic E-state index is -4.68. The molecule has 2 aliphatic rings. The van der Waals surface area contributed by atoms with Crippen LogP contribution in [0, 0.1) is 0 Å². The van der Waals surface area contributed by atoms with E-state index in [0.717, 1.165) is 18.2 Å². The topological polar surface area (TPSA) is 105 Å². The zero-order valence-corrected chi connectivity index (χ0v) is 15.1. The summed E-state index contributed by atoms with van der Waals surface area (Å²) in [5.74, 6) is -1.81. The second-order valence-electron chi connectivity index (χ2n) is 6.65. The Balaban J connectivity index is 1.71. The van der Waals surface area contributed by atoms with Crippen LogP contribution in [0.2, 0.25) is 0 Å². The van der Waals surface area contributed by atoms with Gasteiger partial charge >= 0.3 is 12.1 Å². The van der Waals surface area contributed by atoms with E-state index in [2.05, 4.69) is 15.5 Å². The Kier molecular flexibility index (Phi) is 4.48. The summed E-state index contributed by atoms with van der Waals surface area (Å²) in [5, 5.41) is 16.1. The van der Waals surface area contributed by atoms with Crippen LogP contribution in [0.1, 0.15) is 49.4 Å². The molecule has 1 saturated carbocycles. The van der Waals surface area contributed by atoms with Gasteiger partial charge in [0.15, 0.2) is 5.82 Å². The highest BCUT2D eigenvalue weighted by molar-refractivity contribution is 7.15. The number of aliphatic carboxylic acids is 1. The molecule has 0 aliphatic heterocycles. The van der Waals surface area contributed by atoms with Crippen molar-refractivity contribution in [3.63, 3.8) is 0 Å². The molecule has 0 aromatic carbocycles. The summed E-state index contributed by atoms with van der Waals surface area (Å²) in [6.07, 6.45) is -1.97. The fourth-order valence-electron chi connectivity index (χ4n) is 3.12. The number of carbonyl (C=O) groups excluding carboxylic acids is 1. The highest BCUT2D eigenvalue weighted by Gasteiger charge is 2.39. The molecule has 0 bridgehead atoms. The van der Waals surface area contributed by atoms with Crippen molar-refractivity contribution in [3.05, 3.63) is 27.9 Å². The lowest BCUT2D eigenvalue weighted by Gasteiger charge is -2.09. The number of carbonyl (C=O) groups is 2. The molecule has 0 radical (unpaired) electrons. The van der Waals surface area contributed by atoms with Crippen molar-refractivity contribution in [2.75, 3.05) is 5.32 Å². The normalized spacial score (nSPS) is 17.2. The van der Waals surface area contributed by atoms with Gasteiger partial charge in [0.2, 0.25) is 0 Å². The van der Waals surface area contributed by atoms with Crippen LogP contribution in [0.5, 0.6) is 0 Å². The van der Waals surface area contributed by atoms with Gasteiger partial charge in [-0.25, -0.2) is 4.79 Å². The van der Waals surface area contributed by atoms with Gasteiger partial charge in [0.25, 0.3) is 11.8 Å². The standard InChI is InChI=1S/C17H14F3N3O4S/c18-17(19,20)10-6-28-15(11(10)14-21-12(23-27-14)7-4-5-7)22-13(24)8-2-1-3-9(8)16(25)26/h6-7H,1-5H2,(H,22,24)(H,25,26). The lowest BCUT2D eigenvalue weighted by atomic mass is 10.1. The Bertz CT molecular complexity index is 988. The number of aromatic nitrogens is 2. The van der Waals surface area contributed by atoms with E-state index in [-0.39, 0.29) is 46.4 Å². The molecule has 2 aromatic heterocycles. The largest absolute Gasteiger partial charge is 0.478 e. The smallest absolute Gasteiger partial charge is 0.418 e. The molecule has 2 aliphatic carbocycles. The van der Waals surface area contributed by atoms with Crippen molar-refractivity contribution in [1.29, 1.82) is 0 Å². The molecule has 1 amide bonds. The van der Waals surface area contributed by atoms with E-state index in [0.29, 0.717) is 23.6 Å². The van der Waals surface area contributed by atoms with E-state index in [9.17, 15) is 27.9 Å². The van der Waals surface area contributed by atoms with Gasteiger partial charge in [0.05, 0.1) is 11.1 Å². The van der Waals surface area contributed by atoms with Crippen LogP contribution in [0.3, 0.4) is 0 Å². The molecule has 2 N–H and O–H groups in total. The maximum atomic E-state index is 13.4. The molecule has 28 heavy (non-hydrogen) atoms. The lowest BCUT2D eigenvalue weighted by Crippen LogP contribution is -2.16. The Morgan fingerprint density at radius 2 is 1.96 bits per heavy atom. The summed E-state index contributed by atoms with van der Waals surface area (Å²) in [5.41, 5.74) is -1.32. The van der Waals surface area contributed by atoms with Crippen LogP contribution in [-0.2, 0) is 15.8 Å². The first-order valence-electron chi connectivity index (χ1n) is 8.55. The fraction of sp³-hybridized carbons (Fsp3) is 0.412. The van der Waals surface area contributed by atoms with Crippen LogP contribution >= 0.6 is 11.3 Å². The summed E-state index contributed by atoms with van der Waals surface area (Å²) in [7, 11) is 0. The minimum Gasteiger partial charge on any atom is -0.478 e. The predicted octanol–water partition coefficient (Wildman–Crippen LogP) is 4.20. The summed E-state index contributed by atoms with van der Waals surface area (Å²) in [6.45, 7) is 0. The van der Waals surface area contributed by atoms with E-state index in [1.54, 1.807) is 0 Å². The van der Waals surface area contributed by atoms with Crippen LogP contribution < -0.4 is 5.32 Å². The Labute approximate surface area is 160 Å². The van der Waals surface area contributed by atoms with Crippen LogP contribution in [0.25, 0.3) is 11.5 Å². The summed E-state index contributed by atoms with van der Waals surface area (Å²) in [4.78, 5) is 27.8. The Hall–Kier alpha value is -2.69. The zero-order valence-electron chi connectivity index (χ0n) is 14.3. The molecular formula is C17H14F3N3O4S. The van der Waals surface area contributed by atoms with Crippen molar-refractivity contribution >= 4 is 28.2 Å². The second kappa shape index (κ2) is 6.73. The monoisotopic (exact) mass is 413 g/mol. The van der Waals surface area contributed by atoms with Crippen molar-refractivity contribution < 1.29 is 32.4 Å². The van der Waals surface area contributed by atoms with Gasteiger partial charge in [-0.05, 0) is 32.1 Å². The minimum absolute atomic E-state index is 0.0135. The number of alkyl halides is 3. The number of nitrogens with zero attached hydrogens (tertiary/aromatic N) is 2. The average molecular weight is 413 g/mol. The van der Waals surface area contributed by atoms with Crippen LogP contribution in [0.4, 0.5) is 18.2 Å². The number of hydrogen-bond acceptors (Lipinski definition) is 6. The molecule has 11 heteroatoms. The highest BCUT2D eigenvalue weighted by atomic mass is 32.1. The molecule has 0 spiro atoms. The number of thiophene rings is 1. The van der Waals surface area contributed by atoms with Gasteiger partial charge in [-0.1, -0.05) is 5.16 Å². The number of carboxylic acid groups (broad SMARTS) is 1. The number of carboxylic acids is 1. The number of rotatable bonds is 5. The molecule has 0 atom stereocenters. The van der Waals surface area contributed by atoms with E-state index in [4.69, 9.17) is 4.52 Å². The van der Waals surface area contributed by atoms with Gasteiger partial charge in [-0.3, -0.25) is 4.79 Å². The molecule has 1 fully saturated rings. The third-order valence-corrected chi connectivity index (χ3v) is 5.57. The molecule has 0 saturated heterocycles. The Morgan fingerprint density at radius 3 is 2.61 bits per heavy atom. The van der Waals surface area contributed by atoms with Gasteiger partial charge < -0.3 is 14.9 Å². The lowest BCUT2D eigenvalue weighted by molar-refractivity contribution is -0.137. The second-order valence-corrected chi connectivity index (χ2v) is 7.53. The quantitative estimate of drug-likeness (QED) is 0.761. The SMILES string of the molecule is O=C(O)C1=C(C(=O)Nc2scc(C(F)(F)F)c2-c2nc(C3CC3)no2)CCC1. The number of amides is 1. The summed E-state index contributed by atoms with van der Waals surface area (Å²) < 4.78 is 45.4. The van der Waals surface area contributed by atoms with E-state index in [1.807, 2.05) is 0 Å². The molecule has 4 rings (SSSR count). The first-order valence-corrected chi connectivity index (χ1v) is 9.43. The predicted molar refractivity (Wildman–Crippen MR) is 91.7 cm³/mol. The average Bonchev–Trinajstić information content (AvgIpc) is 3.03. The molecule has 2 heterocycles. The zero-order chi connectivity index (χ0) is 20.1. The van der Waals surface area contributed by atoms with Crippen LogP contribution in [0.15, 0.2) is 21.0 Å². The molecule has 148 valence electrons. The highest BCUT2D eigenvalue weighted by Crippen LogP contribution is 2.46. The molecule has 0 unspecified atom stereocenters. The molecular weight excluding hydrogens is 399 g/mol. The number of hydrogen-bond donors (Lipinski definition) is 2. The van der Waals surface area contributed by atoms with E-state index < -0.39 is 23.6 Å². The summed E-state index contributed by atoms with van der Waals surface area (Å²) in [6, 6.07) is 0. The molecule has 2 aromatic rings. The number of nitrogens with one attached hydrogen (secondary N) is 1. The van der Waals surface area contributed by atoms with Gasteiger partial charge in [-0.2, -0.15) is 18.2 Å². The third-order valence-electron chi connectivity index (χ3n) is 4.67. The van der Waals surface area contributed by atoms with Gasteiger partial charge in [-0.15, -0.1) is 11.3 Å². The fourth-order valence-corrected chi connectivity index (χ4v) is 4.08. The first-order chi connectivity index (χ1) is 13.3. The van der Waals surface area contributed by atoms with E-state index >= 15 is 0 Å². The number of halogens is 3. The van der Waals surface area contributed by atoms with Crippen molar-refractivity contribution in [1.82, 2.24) is 10.1 Å². The summed E-state index contributed by atoms with van der Waals surface area (Å²) >= 11 is 0.678. The van der Waals surface area contributed by atoms with Gasteiger partial charge in [0.1, 0.15) is 5.00 Å². The maximum absolute atomic E-state index is 13.4. The van der Waals surface area contributed by atoms with Crippen LogP contribution in [-0.4, -0.2) is 27.1 Å². The Morgan fingerprint density at radius 1 is 1.25 bits per heavy atom. The molecule has 7 nitrogen and oxygen atoms in total. The van der Waals surface area contributed by atoms with Crippen molar-refractivity contribution in [2.24, 2.45) is 0 Å². The third kappa shape index (κ3) is 3.41. The van der Waals surface area contributed by atoms with Crippen molar-refractivity contribution in [2.45, 2.75) is 44.2 Å².